The number of nitrogens with zero attached hydrogens (tertiary/aromatic N) is 3. The molecule has 0 radical (unpaired) electrons. The van der Waals surface area contributed by atoms with E-state index in [1.165, 1.54) is 0 Å². The molecule has 0 aliphatic carbocycles. The topological polar surface area (TPSA) is 64.7 Å². The SMILES string of the molecule is CC.Cc1csc2c(N)nc(-c3ccncc3)nc12. The van der Waals surface area contributed by atoms with Crippen LogP contribution in [-0.2, 0) is 0 Å². The number of anilines is 1. The molecule has 3 heterocycles. The Bertz CT molecular complexity index is 676. The highest BCUT2D eigenvalue weighted by Crippen LogP contribution is 2.29. The van der Waals surface area contributed by atoms with Crippen LogP contribution in [0, 0.1) is 6.92 Å². The Kier molecular flexibility index (Phi) is 4.06. The van der Waals surface area contributed by atoms with Crippen LogP contribution in [0.1, 0.15) is 19.4 Å². The van der Waals surface area contributed by atoms with Crippen molar-refractivity contribution in [3.05, 3.63) is 35.5 Å². The van der Waals surface area contributed by atoms with E-state index in [0.717, 1.165) is 21.3 Å². The maximum atomic E-state index is 5.95. The van der Waals surface area contributed by atoms with Gasteiger partial charge in [0.1, 0.15) is 5.82 Å². The van der Waals surface area contributed by atoms with Crippen LogP contribution in [-0.4, -0.2) is 15.0 Å². The van der Waals surface area contributed by atoms with Crippen molar-refractivity contribution in [3.63, 3.8) is 0 Å². The van der Waals surface area contributed by atoms with Gasteiger partial charge in [-0.05, 0) is 30.0 Å². The van der Waals surface area contributed by atoms with Crippen LogP contribution in [0.5, 0.6) is 0 Å². The molecule has 4 nitrogen and oxygen atoms in total. The summed E-state index contributed by atoms with van der Waals surface area (Å²) in [5.41, 5.74) is 8.95. The summed E-state index contributed by atoms with van der Waals surface area (Å²) in [5.74, 6) is 1.19. The number of hydrogen-bond acceptors (Lipinski definition) is 5. The second kappa shape index (κ2) is 5.75. The molecule has 98 valence electrons. The van der Waals surface area contributed by atoms with Crippen molar-refractivity contribution < 1.29 is 0 Å². The van der Waals surface area contributed by atoms with Gasteiger partial charge in [0.25, 0.3) is 0 Å². The molecule has 0 unspecified atom stereocenters. The van der Waals surface area contributed by atoms with Crippen LogP contribution in [0.25, 0.3) is 21.6 Å². The normalized spacial score (nSPS) is 10.1. The van der Waals surface area contributed by atoms with Crippen molar-refractivity contribution in [2.75, 3.05) is 5.73 Å². The van der Waals surface area contributed by atoms with Gasteiger partial charge in [0, 0.05) is 18.0 Å². The molecule has 5 heteroatoms. The van der Waals surface area contributed by atoms with Crippen molar-refractivity contribution in [1.82, 2.24) is 15.0 Å². The fraction of sp³-hybridized carbons (Fsp3) is 0.214. The van der Waals surface area contributed by atoms with Crippen LogP contribution in [0.2, 0.25) is 0 Å². The van der Waals surface area contributed by atoms with Crippen LogP contribution in [0.3, 0.4) is 0 Å². The first kappa shape index (κ1) is 13.4. The van der Waals surface area contributed by atoms with Gasteiger partial charge in [-0.15, -0.1) is 11.3 Å². The van der Waals surface area contributed by atoms with E-state index in [4.69, 9.17) is 5.73 Å². The van der Waals surface area contributed by atoms with E-state index in [0.29, 0.717) is 11.6 Å². The quantitative estimate of drug-likeness (QED) is 0.734. The highest BCUT2D eigenvalue weighted by Gasteiger charge is 2.10. The zero-order valence-electron chi connectivity index (χ0n) is 11.2. The fourth-order valence-corrected chi connectivity index (χ4v) is 2.58. The minimum Gasteiger partial charge on any atom is -0.382 e. The maximum Gasteiger partial charge on any atom is 0.162 e. The molecule has 0 saturated heterocycles. The predicted molar refractivity (Wildman–Crippen MR) is 81.1 cm³/mol. The summed E-state index contributed by atoms with van der Waals surface area (Å²) in [6.45, 7) is 6.03. The van der Waals surface area contributed by atoms with Gasteiger partial charge < -0.3 is 5.73 Å². The van der Waals surface area contributed by atoms with Crippen LogP contribution >= 0.6 is 11.3 Å². The van der Waals surface area contributed by atoms with E-state index >= 15 is 0 Å². The number of aromatic nitrogens is 3. The molecule has 0 aromatic carbocycles. The molecule has 0 amide bonds. The van der Waals surface area contributed by atoms with Crippen molar-refractivity contribution in [2.24, 2.45) is 0 Å². The fourth-order valence-electron chi connectivity index (χ4n) is 1.68. The van der Waals surface area contributed by atoms with Crippen LogP contribution in [0.4, 0.5) is 5.82 Å². The van der Waals surface area contributed by atoms with Gasteiger partial charge in [0.2, 0.25) is 0 Å². The Morgan fingerprint density at radius 2 is 1.79 bits per heavy atom. The summed E-state index contributed by atoms with van der Waals surface area (Å²) in [6.07, 6.45) is 3.44. The first-order valence-electron chi connectivity index (χ1n) is 6.17. The summed E-state index contributed by atoms with van der Waals surface area (Å²) in [4.78, 5) is 12.9. The first-order valence-corrected chi connectivity index (χ1v) is 7.05. The summed E-state index contributed by atoms with van der Waals surface area (Å²) in [5, 5.41) is 2.05. The lowest BCUT2D eigenvalue weighted by Gasteiger charge is -2.02. The minimum atomic E-state index is 0.542. The number of thiophene rings is 1. The lowest BCUT2D eigenvalue weighted by molar-refractivity contribution is 1.22. The Balaban J connectivity index is 0.000000637. The maximum absolute atomic E-state index is 5.95. The van der Waals surface area contributed by atoms with Crippen molar-refractivity contribution in [3.8, 4) is 11.4 Å². The Morgan fingerprint density at radius 3 is 2.47 bits per heavy atom. The van der Waals surface area contributed by atoms with Gasteiger partial charge in [-0.2, -0.15) is 0 Å². The number of nitrogen functional groups attached to an aromatic ring is 1. The van der Waals surface area contributed by atoms with Crippen LogP contribution < -0.4 is 5.73 Å². The molecule has 3 aromatic heterocycles. The number of hydrogen-bond donors (Lipinski definition) is 1. The lowest BCUT2D eigenvalue weighted by atomic mass is 10.2. The molecule has 0 aliphatic heterocycles. The van der Waals surface area contributed by atoms with Crippen molar-refractivity contribution >= 4 is 27.4 Å². The summed E-state index contributed by atoms with van der Waals surface area (Å²) in [6, 6.07) is 3.75. The van der Waals surface area contributed by atoms with Gasteiger partial charge in [-0.25, -0.2) is 9.97 Å². The summed E-state index contributed by atoms with van der Waals surface area (Å²) in [7, 11) is 0. The van der Waals surface area contributed by atoms with Crippen molar-refractivity contribution in [2.45, 2.75) is 20.8 Å². The summed E-state index contributed by atoms with van der Waals surface area (Å²) < 4.78 is 0.959. The molecule has 3 rings (SSSR count). The van der Waals surface area contributed by atoms with E-state index in [1.807, 2.05) is 38.3 Å². The Morgan fingerprint density at radius 1 is 1.11 bits per heavy atom. The number of nitrogens with two attached hydrogens (primary N) is 1. The van der Waals surface area contributed by atoms with E-state index in [2.05, 4.69) is 15.0 Å². The average molecular weight is 272 g/mol. The zero-order valence-corrected chi connectivity index (χ0v) is 12.0. The number of rotatable bonds is 1. The van der Waals surface area contributed by atoms with Gasteiger partial charge in [0.15, 0.2) is 5.82 Å². The third-order valence-electron chi connectivity index (χ3n) is 2.56. The number of fused-ring (bicyclic) bond motifs is 1. The molecule has 0 atom stereocenters. The molecule has 0 bridgehead atoms. The molecular formula is C14H16N4S. The average Bonchev–Trinajstić information content (AvgIpc) is 2.84. The summed E-state index contributed by atoms with van der Waals surface area (Å²) >= 11 is 1.58. The monoisotopic (exact) mass is 272 g/mol. The Hall–Kier alpha value is -2.01. The molecule has 0 aliphatic rings. The number of pyridine rings is 1. The van der Waals surface area contributed by atoms with Gasteiger partial charge >= 0.3 is 0 Å². The molecule has 2 N–H and O–H groups in total. The molecule has 3 aromatic rings. The molecular weight excluding hydrogens is 256 g/mol. The Labute approximate surface area is 116 Å². The van der Waals surface area contributed by atoms with Gasteiger partial charge in [0.05, 0.1) is 10.2 Å². The van der Waals surface area contributed by atoms with Gasteiger partial charge in [-0.1, -0.05) is 13.8 Å². The lowest BCUT2D eigenvalue weighted by Crippen LogP contribution is -1.96. The second-order valence-corrected chi connectivity index (χ2v) is 4.64. The van der Waals surface area contributed by atoms with E-state index in [-0.39, 0.29) is 0 Å². The minimum absolute atomic E-state index is 0.542. The molecule has 19 heavy (non-hydrogen) atoms. The highest BCUT2D eigenvalue weighted by atomic mass is 32.1. The number of aryl methyl sites for hydroxylation is 1. The van der Waals surface area contributed by atoms with E-state index in [9.17, 15) is 0 Å². The zero-order chi connectivity index (χ0) is 13.8. The predicted octanol–water partition coefficient (Wildman–Crippen LogP) is 3.67. The van der Waals surface area contributed by atoms with Gasteiger partial charge in [-0.3, -0.25) is 4.98 Å². The second-order valence-electron chi connectivity index (χ2n) is 3.76. The largest absolute Gasteiger partial charge is 0.382 e. The third-order valence-corrected chi connectivity index (χ3v) is 3.67. The van der Waals surface area contributed by atoms with Crippen LogP contribution in [0.15, 0.2) is 29.9 Å². The third kappa shape index (κ3) is 2.56. The first-order chi connectivity index (χ1) is 9.25. The smallest absolute Gasteiger partial charge is 0.162 e. The highest BCUT2D eigenvalue weighted by molar-refractivity contribution is 7.17. The molecule has 0 spiro atoms. The van der Waals surface area contributed by atoms with Crippen molar-refractivity contribution in [1.29, 1.82) is 0 Å². The molecule has 0 saturated carbocycles. The van der Waals surface area contributed by atoms with E-state index in [1.54, 1.807) is 23.7 Å². The van der Waals surface area contributed by atoms with E-state index < -0.39 is 0 Å². The molecule has 0 fully saturated rings. The standard InChI is InChI=1S/C12H10N4S.C2H6/c1-7-6-17-10-9(7)15-12(16-11(10)13)8-2-4-14-5-3-8;1-2/h2-6H,1H3,(H2,13,15,16);1-2H3.